The molecule has 0 saturated heterocycles. The van der Waals surface area contributed by atoms with Gasteiger partial charge >= 0.3 is 0 Å². The molecule has 0 aromatic carbocycles. The second-order valence-electron chi connectivity index (χ2n) is 6.93. The first-order valence-corrected chi connectivity index (χ1v) is 8.00. The molecule has 2 fully saturated rings. The first-order valence-electron chi connectivity index (χ1n) is 8.00. The van der Waals surface area contributed by atoms with Gasteiger partial charge in [0.25, 0.3) is 0 Å². The van der Waals surface area contributed by atoms with Crippen molar-refractivity contribution in [3.8, 4) is 0 Å². The lowest BCUT2D eigenvalue weighted by Crippen LogP contribution is -2.44. The number of nitrogens with zero attached hydrogens (tertiary/aromatic N) is 1. The van der Waals surface area contributed by atoms with E-state index in [1.54, 1.807) is 0 Å². The summed E-state index contributed by atoms with van der Waals surface area (Å²) in [6.07, 6.45) is 6.52. The normalized spacial score (nSPS) is 37.8. The Balaban J connectivity index is 1.84. The van der Waals surface area contributed by atoms with Crippen molar-refractivity contribution in [2.45, 2.75) is 59.0 Å². The number of rotatable bonds is 5. The van der Waals surface area contributed by atoms with E-state index in [0.717, 1.165) is 25.4 Å². The van der Waals surface area contributed by atoms with Crippen molar-refractivity contribution >= 4 is 0 Å². The first kappa shape index (κ1) is 14.3. The monoisotopic (exact) mass is 253 g/mol. The molecule has 0 amide bonds. The molecule has 2 nitrogen and oxygen atoms in total. The van der Waals surface area contributed by atoms with Crippen molar-refractivity contribution in [3.63, 3.8) is 0 Å². The number of hydrogen-bond donors (Lipinski definition) is 1. The average Bonchev–Trinajstić information content (AvgIpc) is 2.24. The van der Waals surface area contributed by atoms with Crippen LogP contribution in [-0.2, 0) is 0 Å². The van der Waals surface area contributed by atoms with Gasteiger partial charge in [-0.25, -0.2) is 0 Å². The highest BCUT2D eigenvalue weighted by atomic mass is 16.3. The Hall–Kier alpha value is -0.0800. The molecule has 4 atom stereocenters. The zero-order valence-corrected chi connectivity index (χ0v) is 12.4. The summed E-state index contributed by atoms with van der Waals surface area (Å²) in [5.74, 6) is 2.83. The Kier molecular flexibility index (Phi) is 5.08. The molecule has 0 bridgehead atoms. The van der Waals surface area contributed by atoms with Gasteiger partial charge in [-0.1, -0.05) is 27.2 Å². The summed E-state index contributed by atoms with van der Waals surface area (Å²) in [4.78, 5) is 2.59. The molecule has 0 heterocycles. The fraction of sp³-hybridized carbons (Fsp3) is 1.00. The van der Waals surface area contributed by atoms with Crippen LogP contribution in [0.3, 0.4) is 0 Å². The van der Waals surface area contributed by atoms with Crippen LogP contribution in [0.5, 0.6) is 0 Å². The zero-order chi connectivity index (χ0) is 13.1. The van der Waals surface area contributed by atoms with Gasteiger partial charge in [-0.15, -0.1) is 0 Å². The second-order valence-corrected chi connectivity index (χ2v) is 6.93. The predicted octanol–water partition coefficient (Wildman–Crippen LogP) is 3.15. The van der Waals surface area contributed by atoms with Crippen molar-refractivity contribution in [2.75, 3.05) is 19.6 Å². The van der Waals surface area contributed by atoms with Crippen LogP contribution in [0.4, 0.5) is 0 Å². The van der Waals surface area contributed by atoms with E-state index in [9.17, 15) is 5.11 Å². The van der Waals surface area contributed by atoms with Crippen LogP contribution in [-0.4, -0.2) is 35.7 Å². The highest BCUT2D eigenvalue weighted by Gasteiger charge is 2.34. The molecule has 106 valence electrons. The Bertz CT molecular complexity index is 239. The van der Waals surface area contributed by atoms with Crippen molar-refractivity contribution in [2.24, 2.45) is 23.7 Å². The fourth-order valence-corrected chi connectivity index (χ4v) is 3.84. The summed E-state index contributed by atoms with van der Waals surface area (Å²) in [6, 6.07) is 0. The minimum atomic E-state index is -0.0702. The lowest BCUT2D eigenvalue weighted by molar-refractivity contribution is -0.00528. The van der Waals surface area contributed by atoms with Crippen LogP contribution in [0.2, 0.25) is 0 Å². The predicted molar refractivity (Wildman–Crippen MR) is 76.5 cm³/mol. The van der Waals surface area contributed by atoms with Crippen LogP contribution in [0.1, 0.15) is 52.9 Å². The maximum absolute atomic E-state index is 10.3. The molecular weight excluding hydrogens is 222 g/mol. The Morgan fingerprint density at radius 2 is 1.83 bits per heavy atom. The minimum absolute atomic E-state index is 0.0702. The van der Waals surface area contributed by atoms with Crippen molar-refractivity contribution in [1.29, 1.82) is 0 Å². The first-order chi connectivity index (χ1) is 8.60. The molecule has 1 N–H and O–H groups in total. The van der Waals surface area contributed by atoms with Gasteiger partial charge in [0.15, 0.2) is 0 Å². The summed E-state index contributed by atoms with van der Waals surface area (Å²) in [5.41, 5.74) is 0. The number of aliphatic hydroxyl groups is 1. The fourth-order valence-electron chi connectivity index (χ4n) is 3.84. The lowest BCUT2D eigenvalue weighted by Gasteiger charge is -2.41. The van der Waals surface area contributed by atoms with Gasteiger partial charge in [-0.2, -0.15) is 0 Å². The lowest BCUT2D eigenvalue weighted by atomic mass is 9.73. The third kappa shape index (κ3) is 3.48. The van der Waals surface area contributed by atoms with E-state index < -0.39 is 0 Å². The van der Waals surface area contributed by atoms with Gasteiger partial charge in [0.1, 0.15) is 0 Å². The average molecular weight is 253 g/mol. The van der Waals surface area contributed by atoms with E-state index in [4.69, 9.17) is 0 Å². The highest BCUT2D eigenvalue weighted by molar-refractivity contribution is 4.85. The summed E-state index contributed by atoms with van der Waals surface area (Å²) < 4.78 is 0. The van der Waals surface area contributed by atoms with Crippen LogP contribution in [0, 0.1) is 23.7 Å². The smallest absolute Gasteiger partial charge is 0.0585 e. The minimum Gasteiger partial charge on any atom is -0.393 e. The Morgan fingerprint density at radius 3 is 2.33 bits per heavy atom. The highest BCUT2D eigenvalue weighted by Crippen LogP contribution is 2.35. The van der Waals surface area contributed by atoms with Crippen LogP contribution in [0.15, 0.2) is 0 Å². The molecule has 0 aromatic heterocycles. The van der Waals surface area contributed by atoms with E-state index in [1.165, 1.54) is 32.2 Å². The second kappa shape index (κ2) is 6.38. The quantitative estimate of drug-likeness (QED) is 0.813. The number of hydrogen-bond acceptors (Lipinski definition) is 2. The molecule has 2 saturated carbocycles. The molecule has 0 aliphatic heterocycles. The zero-order valence-electron chi connectivity index (χ0n) is 12.4. The molecule has 0 radical (unpaired) electrons. The van der Waals surface area contributed by atoms with Crippen LogP contribution in [0.25, 0.3) is 0 Å². The maximum atomic E-state index is 10.3. The van der Waals surface area contributed by atoms with Crippen molar-refractivity contribution < 1.29 is 5.11 Å². The van der Waals surface area contributed by atoms with E-state index in [2.05, 4.69) is 25.7 Å². The van der Waals surface area contributed by atoms with E-state index in [1.807, 2.05) is 0 Å². The summed E-state index contributed by atoms with van der Waals surface area (Å²) in [5, 5.41) is 10.3. The SMILES string of the molecule is CCN(CC1CCC1)CC1C(C)CC(C)CC1O. The van der Waals surface area contributed by atoms with Gasteiger partial charge in [-0.3, -0.25) is 0 Å². The Labute approximate surface area is 113 Å². The molecule has 2 aliphatic rings. The molecule has 2 rings (SSSR count). The van der Waals surface area contributed by atoms with Crippen molar-refractivity contribution in [3.05, 3.63) is 0 Å². The van der Waals surface area contributed by atoms with Gasteiger partial charge in [0.05, 0.1) is 6.10 Å². The maximum Gasteiger partial charge on any atom is 0.0585 e. The molecule has 18 heavy (non-hydrogen) atoms. The Morgan fingerprint density at radius 1 is 1.11 bits per heavy atom. The van der Waals surface area contributed by atoms with Gasteiger partial charge < -0.3 is 10.0 Å². The van der Waals surface area contributed by atoms with Gasteiger partial charge in [0, 0.05) is 19.0 Å². The topological polar surface area (TPSA) is 23.5 Å². The molecular formula is C16H31NO. The molecule has 0 spiro atoms. The van der Waals surface area contributed by atoms with Crippen LogP contribution < -0.4 is 0 Å². The summed E-state index contributed by atoms with van der Waals surface area (Å²) in [6.45, 7) is 10.4. The molecule has 0 aromatic rings. The van der Waals surface area contributed by atoms with Gasteiger partial charge in [-0.05, 0) is 50.0 Å². The molecule has 2 aliphatic carbocycles. The van der Waals surface area contributed by atoms with E-state index >= 15 is 0 Å². The molecule has 4 unspecified atom stereocenters. The summed E-state index contributed by atoms with van der Waals surface area (Å²) >= 11 is 0. The standard InChI is InChI=1S/C16H31NO/c1-4-17(10-14-6-5-7-14)11-15-13(3)8-12(2)9-16(15)18/h12-16,18H,4-11H2,1-3H3. The molecule has 2 heteroatoms. The largest absolute Gasteiger partial charge is 0.393 e. The van der Waals surface area contributed by atoms with Crippen molar-refractivity contribution in [1.82, 2.24) is 4.90 Å². The van der Waals surface area contributed by atoms with Crippen LogP contribution >= 0.6 is 0 Å². The van der Waals surface area contributed by atoms with Gasteiger partial charge in [0.2, 0.25) is 0 Å². The van der Waals surface area contributed by atoms with E-state index in [-0.39, 0.29) is 6.10 Å². The summed E-state index contributed by atoms with van der Waals surface area (Å²) in [7, 11) is 0. The van der Waals surface area contributed by atoms with E-state index in [0.29, 0.717) is 17.8 Å². The number of aliphatic hydroxyl groups excluding tert-OH is 1. The third-order valence-electron chi connectivity index (χ3n) is 5.30. The third-order valence-corrected chi connectivity index (χ3v) is 5.30.